The van der Waals surface area contributed by atoms with E-state index in [0.717, 1.165) is 19.3 Å². The summed E-state index contributed by atoms with van der Waals surface area (Å²) in [6, 6.07) is 0. The van der Waals surface area contributed by atoms with Gasteiger partial charge in [0.1, 0.15) is 0 Å². The molecule has 6 nitrogen and oxygen atoms in total. The number of ether oxygens (including phenoxy) is 1. The summed E-state index contributed by atoms with van der Waals surface area (Å²) in [6.45, 7) is 8.29. The monoisotopic (exact) mass is 297 g/mol. The van der Waals surface area contributed by atoms with Gasteiger partial charge in [0.2, 0.25) is 5.95 Å². The summed E-state index contributed by atoms with van der Waals surface area (Å²) in [5, 5.41) is 7.80. The van der Waals surface area contributed by atoms with Crippen molar-refractivity contribution in [3.63, 3.8) is 0 Å². The minimum absolute atomic E-state index is 0.0859. The zero-order valence-electron chi connectivity index (χ0n) is 12.9. The molecule has 21 heavy (non-hydrogen) atoms. The molecule has 1 unspecified atom stereocenters. The zero-order chi connectivity index (χ0) is 15.3. The first-order valence-electron chi connectivity index (χ1n) is 7.40. The summed E-state index contributed by atoms with van der Waals surface area (Å²) in [5.74, 6) is -0.541. The Hall–Kier alpha value is -0.985. The molecule has 2 saturated heterocycles. The molecule has 2 aliphatic heterocycles. The van der Waals surface area contributed by atoms with Gasteiger partial charge in [-0.2, -0.15) is 9.07 Å². The fourth-order valence-corrected chi connectivity index (χ4v) is 2.49. The van der Waals surface area contributed by atoms with Gasteiger partial charge < -0.3 is 14.0 Å². The molecule has 1 aromatic rings. The molecule has 3 heterocycles. The molecule has 2 aliphatic rings. The number of hydrogen-bond donors (Lipinski definition) is 0. The number of aromatic nitrogens is 3. The molecule has 1 atom stereocenters. The summed E-state index contributed by atoms with van der Waals surface area (Å²) in [7, 11) is -0.840. The van der Waals surface area contributed by atoms with Gasteiger partial charge in [-0.15, -0.1) is 5.10 Å². The van der Waals surface area contributed by atoms with Crippen LogP contribution in [0.1, 0.15) is 53.2 Å². The maximum Gasteiger partial charge on any atom is 0.521 e. The molecule has 0 N–H and O–H groups in total. The molecule has 3 rings (SSSR count). The van der Waals surface area contributed by atoms with Gasteiger partial charge in [0.25, 0.3) is 0 Å². The van der Waals surface area contributed by atoms with Crippen LogP contribution in [-0.2, 0) is 14.0 Å². The van der Waals surface area contributed by atoms with Gasteiger partial charge in [-0.05, 0) is 47.0 Å². The lowest BCUT2D eigenvalue weighted by Crippen LogP contribution is -2.41. The average molecular weight is 297 g/mol. The lowest BCUT2D eigenvalue weighted by atomic mass is 9.85. The van der Waals surface area contributed by atoms with Gasteiger partial charge in [0.15, 0.2) is 11.8 Å². The van der Waals surface area contributed by atoms with E-state index < -0.39 is 24.3 Å². The fourth-order valence-electron chi connectivity index (χ4n) is 2.49. The Balaban J connectivity index is 1.83. The van der Waals surface area contributed by atoms with Crippen molar-refractivity contribution < 1.29 is 18.4 Å². The maximum absolute atomic E-state index is 14.6. The SMILES string of the molecule is CC1(C)OB(c2nnn(C3CCCCO3)c2F)OC1(C)C. The third-order valence-electron chi connectivity index (χ3n) is 4.57. The van der Waals surface area contributed by atoms with Crippen molar-refractivity contribution in [2.75, 3.05) is 6.61 Å². The lowest BCUT2D eigenvalue weighted by molar-refractivity contribution is -0.0467. The van der Waals surface area contributed by atoms with Crippen molar-refractivity contribution in [1.29, 1.82) is 0 Å². The van der Waals surface area contributed by atoms with Crippen molar-refractivity contribution in [3.8, 4) is 0 Å². The van der Waals surface area contributed by atoms with E-state index in [1.807, 2.05) is 27.7 Å². The van der Waals surface area contributed by atoms with Crippen LogP contribution in [0.5, 0.6) is 0 Å². The Labute approximate surface area is 124 Å². The second kappa shape index (κ2) is 5.03. The van der Waals surface area contributed by atoms with E-state index in [1.165, 1.54) is 4.68 Å². The Bertz CT molecular complexity index is 513. The van der Waals surface area contributed by atoms with E-state index in [0.29, 0.717) is 6.61 Å². The van der Waals surface area contributed by atoms with Crippen LogP contribution in [0.3, 0.4) is 0 Å². The van der Waals surface area contributed by atoms with Gasteiger partial charge in [-0.1, -0.05) is 5.21 Å². The highest BCUT2D eigenvalue weighted by Crippen LogP contribution is 2.36. The second-order valence-corrected chi connectivity index (χ2v) is 6.62. The smallest absolute Gasteiger partial charge is 0.398 e. The zero-order valence-corrected chi connectivity index (χ0v) is 12.9. The molecule has 0 aromatic carbocycles. The van der Waals surface area contributed by atoms with E-state index in [-0.39, 0.29) is 11.8 Å². The normalized spacial score (nSPS) is 28.0. The summed E-state index contributed by atoms with van der Waals surface area (Å²) >= 11 is 0. The van der Waals surface area contributed by atoms with Gasteiger partial charge in [-0.25, -0.2) is 0 Å². The minimum atomic E-state index is -0.840. The predicted octanol–water partition coefficient (Wildman–Crippen LogP) is 1.42. The van der Waals surface area contributed by atoms with E-state index in [9.17, 15) is 4.39 Å². The Morgan fingerprint density at radius 2 is 1.86 bits per heavy atom. The third kappa shape index (κ3) is 2.49. The van der Waals surface area contributed by atoms with Crippen molar-refractivity contribution in [2.24, 2.45) is 0 Å². The molecule has 0 aliphatic carbocycles. The largest absolute Gasteiger partial charge is 0.521 e. The van der Waals surface area contributed by atoms with E-state index in [2.05, 4.69) is 10.3 Å². The van der Waals surface area contributed by atoms with Gasteiger partial charge in [0.05, 0.1) is 11.2 Å². The van der Waals surface area contributed by atoms with Crippen LogP contribution in [-0.4, -0.2) is 39.9 Å². The summed E-state index contributed by atoms with van der Waals surface area (Å²) < 4.78 is 32.9. The molecule has 0 spiro atoms. The van der Waals surface area contributed by atoms with E-state index >= 15 is 0 Å². The topological polar surface area (TPSA) is 58.4 Å². The van der Waals surface area contributed by atoms with E-state index in [1.54, 1.807) is 0 Å². The number of rotatable bonds is 2. The highest BCUT2D eigenvalue weighted by atomic mass is 19.1. The molecule has 8 heteroatoms. The Morgan fingerprint density at radius 1 is 1.19 bits per heavy atom. The van der Waals surface area contributed by atoms with Crippen molar-refractivity contribution in [2.45, 2.75) is 64.4 Å². The van der Waals surface area contributed by atoms with Crippen LogP contribution >= 0.6 is 0 Å². The van der Waals surface area contributed by atoms with Crippen LogP contribution in [0.25, 0.3) is 0 Å². The highest BCUT2D eigenvalue weighted by Gasteiger charge is 2.54. The average Bonchev–Trinajstić information content (AvgIpc) is 2.89. The van der Waals surface area contributed by atoms with Gasteiger partial charge in [-0.3, -0.25) is 0 Å². The van der Waals surface area contributed by atoms with Crippen LogP contribution < -0.4 is 5.59 Å². The first-order valence-corrected chi connectivity index (χ1v) is 7.40. The second-order valence-electron chi connectivity index (χ2n) is 6.62. The molecule has 2 fully saturated rings. The molecule has 1 aromatic heterocycles. The van der Waals surface area contributed by atoms with Crippen LogP contribution in [0.2, 0.25) is 0 Å². The van der Waals surface area contributed by atoms with Gasteiger partial charge >= 0.3 is 7.12 Å². The van der Waals surface area contributed by atoms with Crippen LogP contribution in [0, 0.1) is 5.95 Å². The number of nitrogens with zero attached hydrogens (tertiary/aromatic N) is 3. The molecule has 0 radical (unpaired) electrons. The highest BCUT2D eigenvalue weighted by molar-refractivity contribution is 6.61. The summed E-state index contributed by atoms with van der Waals surface area (Å²) in [4.78, 5) is 0. The third-order valence-corrected chi connectivity index (χ3v) is 4.57. The molecular weight excluding hydrogens is 276 g/mol. The van der Waals surface area contributed by atoms with Crippen molar-refractivity contribution >= 4 is 12.7 Å². The molecule has 0 saturated carbocycles. The standard InChI is InChI=1S/C13H21BFN3O3/c1-12(2)13(3,4)21-14(20-12)10-11(15)18(17-16-10)9-7-5-6-8-19-9/h9H,5-8H2,1-4H3. The first-order chi connectivity index (χ1) is 9.82. The quantitative estimate of drug-likeness (QED) is 0.773. The molecule has 0 amide bonds. The molecule has 0 bridgehead atoms. The summed E-state index contributed by atoms with van der Waals surface area (Å²) in [5.41, 5.74) is -0.979. The summed E-state index contributed by atoms with van der Waals surface area (Å²) in [6.07, 6.45) is 2.35. The molecule has 116 valence electrons. The Kier molecular flexibility index (Phi) is 3.58. The minimum Gasteiger partial charge on any atom is -0.398 e. The molecular formula is C13H21BFN3O3. The Morgan fingerprint density at radius 3 is 2.43 bits per heavy atom. The maximum atomic E-state index is 14.6. The lowest BCUT2D eigenvalue weighted by Gasteiger charge is -2.32. The number of halogens is 1. The van der Waals surface area contributed by atoms with Crippen molar-refractivity contribution in [3.05, 3.63) is 5.95 Å². The van der Waals surface area contributed by atoms with Gasteiger partial charge in [0, 0.05) is 6.61 Å². The first kappa shape index (κ1) is 14.9. The van der Waals surface area contributed by atoms with E-state index in [4.69, 9.17) is 14.0 Å². The van der Waals surface area contributed by atoms with Crippen LogP contribution in [0.4, 0.5) is 4.39 Å². The van der Waals surface area contributed by atoms with Crippen LogP contribution in [0.15, 0.2) is 0 Å². The predicted molar refractivity (Wildman–Crippen MR) is 74.5 cm³/mol. The number of hydrogen-bond acceptors (Lipinski definition) is 5. The van der Waals surface area contributed by atoms with Crippen molar-refractivity contribution in [1.82, 2.24) is 15.0 Å². The fraction of sp³-hybridized carbons (Fsp3) is 0.846.